The van der Waals surface area contributed by atoms with Gasteiger partial charge in [0.25, 0.3) is 5.40 Å². The second kappa shape index (κ2) is 7.82. The lowest BCUT2D eigenvalue weighted by molar-refractivity contribution is 0.197. The topological polar surface area (TPSA) is 0 Å². The third-order valence-electron chi connectivity index (χ3n) is 3.72. The molecule has 0 aliphatic heterocycles. The van der Waals surface area contributed by atoms with Crippen LogP contribution in [0.3, 0.4) is 0 Å². The highest BCUT2D eigenvalue weighted by molar-refractivity contribution is 7.85. The number of hydrogen-bond donors (Lipinski definition) is 0. The first kappa shape index (κ1) is 18.5. The lowest BCUT2D eigenvalue weighted by Crippen LogP contribution is -2.30. The molecule has 0 spiro atoms. The van der Waals surface area contributed by atoms with Crippen LogP contribution < -0.4 is 10.6 Å². The first-order valence-electron chi connectivity index (χ1n) is 7.92. The van der Waals surface area contributed by atoms with Crippen molar-refractivity contribution in [3.05, 3.63) is 60.7 Å². The zero-order valence-corrected chi connectivity index (χ0v) is 15.9. The van der Waals surface area contributed by atoms with Gasteiger partial charge in [0.15, 0.2) is 0 Å². The number of hydrogen-bond acceptors (Lipinski definition) is 0. The van der Waals surface area contributed by atoms with Crippen molar-refractivity contribution in [2.45, 2.75) is 44.4 Å². The van der Waals surface area contributed by atoms with E-state index in [0.29, 0.717) is 0 Å². The second-order valence-corrected chi connectivity index (χ2v) is 12.2. The quantitative estimate of drug-likeness (QED) is 0.562. The molecule has 124 valence electrons. The van der Waals surface area contributed by atoms with Gasteiger partial charge in [0.05, 0.1) is 0 Å². The van der Waals surface area contributed by atoms with E-state index in [9.17, 15) is 0 Å². The molecular formula is C19H24F2P2. The van der Waals surface area contributed by atoms with Crippen LogP contribution in [0.1, 0.15) is 27.7 Å². The van der Waals surface area contributed by atoms with E-state index >= 15 is 8.78 Å². The van der Waals surface area contributed by atoms with E-state index in [4.69, 9.17) is 0 Å². The zero-order chi connectivity index (χ0) is 17.0. The Labute approximate surface area is 140 Å². The molecule has 0 bridgehead atoms. The predicted molar refractivity (Wildman–Crippen MR) is 101 cm³/mol. The van der Waals surface area contributed by atoms with Crippen LogP contribution in [0.15, 0.2) is 60.7 Å². The smallest absolute Gasteiger partial charge is 0.196 e. The van der Waals surface area contributed by atoms with Gasteiger partial charge in [-0.1, -0.05) is 88.4 Å². The lowest BCUT2D eigenvalue weighted by Gasteiger charge is -2.39. The molecule has 0 nitrogen and oxygen atoms in total. The average molecular weight is 352 g/mol. The number of alkyl halides is 2. The molecule has 0 saturated heterocycles. The van der Waals surface area contributed by atoms with Gasteiger partial charge in [0, 0.05) is 7.92 Å². The summed E-state index contributed by atoms with van der Waals surface area (Å²) in [4.78, 5) is 0. The Morgan fingerprint density at radius 3 is 1.35 bits per heavy atom. The fraction of sp³-hybridized carbons (Fsp3) is 0.368. The maximum Gasteiger partial charge on any atom is 0.289 e. The molecule has 0 radical (unpaired) electrons. The molecule has 0 aliphatic carbocycles. The Hall–Kier alpha value is -0.840. The number of halogens is 2. The SMILES string of the molecule is CC(C)P(C(C)C)C(F)(F)P(c1ccccc1)c1ccccc1. The van der Waals surface area contributed by atoms with E-state index in [0.717, 1.165) is 10.6 Å². The Balaban J connectivity index is 2.57. The summed E-state index contributed by atoms with van der Waals surface area (Å²) in [7, 11) is -3.12. The van der Waals surface area contributed by atoms with Crippen LogP contribution in [-0.4, -0.2) is 16.7 Å². The molecule has 0 unspecified atom stereocenters. The van der Waals surface area contributed by atoms with Gasteiger partial charge < -0.3 is 0 Å². The largest absolute Gasteiger partial charge is 0.289 e. The van der Waals surface area contributed by atoms with Crippen LogP contribution >= 0.6 is 15.8 Å². The van der Waals surface area contributed by atoms with Crippen LogP contribution in [0.25, 0.3) is 0 Å². The molecule has 0 N–H and O–H groups in total. The first-order chi connectivity index (χ1) is 10.9. The summed E-state index contributed by atoms with van der Waals surface area (Å²) in [5, 5.41) is -1.17. The van der Waals surface area contributed by atoms with Crippen molar-refractivity contribution in [3.8, 4) is 0 Å². The highest BCUT2D eigenvalue weighted by atomic mass is 31.2. The van der Waals surface area contributed by atoms with Crippen molar-refractivity contribution in [1.29, 1.82) is 0 Å². The molecule has 2 rings (SSSR count). The standard InChI is InChI=1S/C19H24F2P2/c1-15(2)22(16(3)4)19(20,21)23(17-11-7-5-8-12-17)18-13-9-6-10-14-18/h5-16H,1-4H3. The molecule has 0 saturated carbocycles. The summed E-state index contributed by atoms with van der Waals surface area (Å²) in [6, 6.07) is 18.6. The normalized spacial score (nSPS) is 12.6. The van der Waals surface area contributed by atoms with E-state index in [1.165, 1.54) is 0 Å². The van der Waals surface area contributed by atoms with Crippen molar-refractivity contribution >= 4 is 26.5 Å². The Bertz CT molecular complexity index is 550. The molecule has 0 aromatic heterocycles. The molecular weight excluding hydrogens is 328 g/mol. The summed E-state index contributed by atoms with van der Waals surface area (Å²) in [6.07, 6.45) is 0. The van der Waals surface area contributed by atoms with Crippen LogP contribution in [0.4, 0.5) is 8.78 Å². The van der Waals surface area contributed by atoms with E-state index < -0.39 is 21.2 Å². The monoisotopic (exact) mass is 352 g/mol. The molecule has 0 fully saturated rings. The summed E-state index contributed by atoms with van der Waals surface area (Å²) >= 11 is 0. The summed E-state index contributed by atoms with van der Waals surface area (Å²) in [5.74, 6) is 0. The molecule has 0 atom stereocenters. The molecule has 0 heterocycles. The van der Waals surface area contributed by atoms with Crippen LogP contribution in [0, 0.1) is 0 Å². The third-order valence-corrected chi connectivity index (χ3v) is 10.0. The Kier molecular flexibility index (Phi) is 6.29. The lowest BCUT2D eigenvalue weighted by atomic mass is 10.4. The third kappa shape index (κ3) is 4.17. The molecule has 4 heteroatoms. The van der Waals surface area contributed by atoms with Crippen molar-refractivity contribution in [1.82, 2.24) is 0 Å². The van der Waals surface area contributed by atoms with Crippen molar-refractivity contribution < 1.29 is 8.78 Å². The number of benzene rings is 2. The van der Waals surface area contributed by atoms with E-state index in [1.807, 2.05) is 88.4 Å². The minimum absolute atomic E-state index is 0.00238. The highest BCUT2D eigenvalue weighted by Crippen LogP contribution is 2.71. The van der Waals surface area contributed by atoms with Crippen LogP contribution in [0.5, 0.6) is 0 Å². The predicted octanol–water partition coefficient (Wildman–Crippen LogP) is 5.97. The van der Waals surface area contributed by atoms with Gasteiger partial charge in [-0.05, 0) is 29.8 Å². The molecule has 23 heavy (non-hydrogen) atoms. The molecule has 2 aromatic carbocycles. The van der Waals surface area contributed by atoms with Gasteiger partial charge in [-0.15, -0.1) is 0 Å². The Morgan fingerprint density at radius 2 is 1.04 bits per heavy atom. The van der Waals surface area contributed by atoms with Crippen LogP contribution in [-0.2, 0) is 0 Å². The molecule has 2 aromatic rings. The van der Waals surface area contributed by atoms with Crippen molar-refractivity contribution in [3.63, 3.8) is 0 Å². The Morgan fingerprint density at radius 1 is 0.696 bits per heavy atom. The van der Waals surface area contributed by atoms with E-state index in [-0.39, 0.29) is 11.3 Å². The number of rotatable bonds is 6. The molecule has 0 amide bonds. The van der Waals surface area contributed by atoms with Gasteiger partial charge in [0.1, 0.15) is 0 Å². The zero-order valence-electron chi connectivity index (χ0n) is 14.1. The van der Waals surface area contributed by atoms with Gasteiger partial charge >= 0.3 is 0 Å². The molecule has 0 aliphatic rings. The van der Waals surface area contributed by atoms with Crippen LogP contribution in [0.2, 0.25) is 0 Å². The summed E-state index contributed by atoms with van der Waals surface area (Å²) in [5.41, 5.74) is -0.00477. The van der Waals surface area contributed by atoms with E-state index in [2.05, 4.69) is 0 Å². The van der Waals surface area contributed by atoms with E-state index in [1.54, 1.807) is 0 Å². The fourth-order valence-electron chi connectivity index (χ4n) is 2.95. The van der Waals surface area contributed by atoms with Crippen molar-refractivity contribution in [2.75, 3.05) is 0 Å². The maximum atomic E-state index is 15.7. The summed E-state index contributed by atoms with van der Waals surface area (Å²) in [6.45, 7) is 7.73. The van der Waals surface area contributed by atoms with Gasteiger partial charge in [0.2, 0.25) is 0 Å². The van der Waals surface area contributed by atoms with Gasteiger partial charge in [-0.3, -0.25) is 0 Å². The van der Waals surface area contributed by atoms with Gasteiger partial charge in [-0.2, -0.15) is 8.78 Å². The van der Waals surface area contributed by atoms with Crippen molar-refractivity contribution in [2.24, 2.45) is 0 Å². The fourth-order valence-corrected chi connectivity index (χ4v) is 10.2. The first-order valence-corrected chi connectivity index (χ1v) is 10.7. The summed E-state index contributed by atoms with van der Waals surface area (Å²) < 4.78 is 31.4. The average Bonchev–Trinajstić information content (AvgIpc) is 2.48. The minimum Gasteiger partial charge on any atom is -0.196 e. The van der Waals surface area contributed by atoms with Gasteiger partial charge in [-0.25, -0.2) is 0 Å². The minimum atomic E-state index is -2.68. The second-order valence-electron chi connectivity index (χ2n) is 6.11. The highest BCUT2D eigenvalue weighted by Gasteiger charge is 2.50. The maximum absolute atomic E-state index is 15.7.